The van der Waals surface area contributed by atoms with Crippen molar-refractivity contribution in [2.45, 2.75) is 50.9 Å². The van der Waals surface area contributed by atoms with Gasteiger partial charge >= 0.3 is 0 Å². The van der Waals surface area contributed by atoms with E-state index in [1.165, 1.54) is 66.3 Å². The van der Waals surface area contributed by atoms with Crippen LogP contribution in [0.1, 0.15) is 66.8 Å². The van der Waals surface area contributed by atoms with E-state index in [-0.39, 0.29) is 5.69 Å². The van der Waals surface area contributed by atoms with Crippen LogP contribution in [0.3, 0.4) is 0 Å². The van der Waals surface area contributed by atoms with E-state index in [2.05, 4.69) is 39.8 Å². The van der Waals surface area contributed by atoms with E-state index in [1.54, 1.807) is 18.3 Å². The van der Waals surface area contributed by atoms with Gasteiger partial charge in [0.1, 0.15) is 0 Å². The zero-order valence-electron chi connectivity index (χ0n) is 17.4. The molecule has 0 atom stereocenters. The van der Waals surface area contributed by atoms with Gasteiger partial charge in [-0.3, -0.25) is 15.5 Å². The third-order valence-electron chi connectivity index (χ3n) is 6.52. The summed E-state index contributed by atoms with van der Waals surface area (Å²) in [6.45, 7) is 0. The summed E-state index contributed by atoms with van der Waals surface area (Å²) in [7, 11) is 0. The molecule has 2 aliphatic carbocycles. The Morgan fingerprint density at radius 1 is 1.10 bits per heavy atom. The molecule has 1 aromatic heterocycles. The minimum Gasteiger partial charge on any atom is -0.353 e. The van der Waals surface area contributed by atoms with Crippen LogP contribution < -0.4 is 5.43 Å². The van der Waals surface area contributed by atoms with Gasteiger partial charge in [0.15, 0.2) is 0 Å². The number of H-pyrrole nitrogens is 1. The third kappa shape index (κ3) is 3.98. The summed E-state index contributed by atoms with van der Waals surface area (Å²) in [5, 5.41) is 16.5. The Balaban J connectivity index is 1.36. The molecule has 1 heterocycles. The summed E-state index contributed by atoms with van der Waals surface area (Å²) in [5.74, 6) is 0.701. The van der Waals surface area contributed by atoms with Crippen LogP contribution in [-0.2, 0) is 6.42 Å². The smallest absolute Gasteiger partial charge is 0.269 e. The topological polar surface area (TPSA) is 83.3 Å². The molecule has 158 valence electrons. The highest BCUT2D eigenvalue weighted by molar-refractivity contribution is 5.90. The van der Waals surface area contributed by atoms with E-state index in [1.807, 2.05) is 0 Å². The van der Waals surface area contributed by atoms with Crippen LogP contribution in [-0.4, -0.2) is 16.1 Å². The largest absolute Gasteiger partial charge is 0.353 e. The highest BCUT2D eigenvalue weighted by atomic mass is 16.6. The van der Waals surface area contributed by atoms with Crippen LogP contribution in [0, 0.1) is 10.1 Å². The van der Waals surface area contributed by atoms with E-state index < -0.39 is 4.92 Å². The van der Waals surface area contributed by atoms with Gasteiger partial charge in [-0.15, -0.1) is 0 Å². The maximum atomic E-state index is 10.8. The number of aromatic amines is 1. The number of hydrogen-bond donors (Lipinski definition) is 2. The number of allylic oxidation sites excluding steroid dienone is 1. The third-order valence-corrected chi connectivity index (χ3v) is 6.52. The first-order chi connectivity index (χ1) is 15.2. The van der Waals surface area contributed by atoms with Crippen molar-refractivity contribution in [2.24, 2.45) is 5.10 Å². The monoisotopic (exact) mass is 414 g/mol. The number of benzene rings is 2. The molecule has 6 nitrogen and oxygen atoms in total. The lowest BCUT2D eigenvalue weighted by Gasteiger charge is -2.22. The van der Waals surface area contributed by atoms with Crippen molar-refractivity contribution in [3.05, 3.63) is 81.0 Å². The Kier molecular flexibility index (Phi) is 5.28. The molecular formula is C25H26N4O2. The first-order valence-electron chi connectivity index (χ1n) is 11.1. The molecule has 0 amide bonds. The molecule has 2 aromatic carbocycles. The number of nitrogens with one attached hydrogen (secondary N) is 2. The molecule has 0 radical (unpaired) electrons. The molecule has 31 heavy (non-hydrogen) atoms. The average Bonchev–Trinajstić information content (AvgIpc) is 3.19. The second kappa shape index (κ2) is 8.38. The molecule has 1 fully saturated rings. The Bertz CT molecular complexity index is 1170. The molecule has 1 saturated carbocycles. The quantitative estimate of drug-likeness (QED) is 0.303. The number of nitrogens with zero attached hydrogens (tertiary/aromatic N) is 2. The van der Waals surface area contributed by atoms with Gasteiger partial charge in [0.25, 0.3) is 5.69 Å². The van der Waals surface area contributed by atoms with E-state index in [0.717, 1.165) is 29.8 Å². The normalized spacial score (nSPS) is 17.0. The molecule has 3 aromatic rings. The van der Waals surface area contributed by atoms with Crippen molar-refractivity contribution in [3.8, 4) is 0 Å². The average molecular weight is 415 g/mol. The Hall–Kier alpha value is -3.41. The maximum Gasteiger partial charge on any atom is 0.269 e. The molecule has 2 aliphatic rings. The summed E-state index contributed by atoms with van der Waals surface area (Å²) in [5.41, 5.74) is 10.2. The second-order valence-corrected chi connectivity index (χ2v) is 8.49. The van der Waals surface area contributed by atoms with Crippen LogP contribution in [0.25, 0.3) is 16.6 Å². The number of aryl methyl sites for hydroxylation is 1. The maximum absolute atomic E-state index is 10.8. The summed E-state index contributed by atoms with van der Waals surface area (Å²) >= 11 is 0. The van der Waals surface area contributed by atoms with Gasteiger partial charge in [-0.2, -0.15) is 5.10 Å². The van der Waals surface area contributed by atoms with E-state index in [9.17, 15) is 10.1 Å². The van der Waals surface area contributed by atoms with E-state index in [4.69, 9.17) is 0 Å². The number of fused-ring (bicyclic) bond motifs is 3. The van der Waals surface area contributed by atoms with Crippen LogP contribution in [0.5, 0.6) is 0 Å². The molecule has 0 aliphatic heterocycles. The zero-order valence-corrected chi connectivity index (χ0v) is 17.4. The predicted molar refractivity (Wildman–Crippen MR) is 124 cm³/mol. The van der Waals surface area contributed by atoms with Gasteiger partial charge in [0.2, 0.25) is 0 Å². The second-order valence-electron chi connectivity index (χ2n) is 8.49. The molecular weight excluding hydrogens is 388 g/mol. The molecule has 0 spiro atoms. The Morgan fingerprint density at radius 3 is 2.68 bits per heavy atom. The van der Waals surface area contributed by atoms with Gasteiger partial charge in [-0.05, 0) is 72.6 Å². The number of rotatable bonds is 5. The number of non-ortho nitro benzene ring substituents is 1. The molecule has 6 heteroatoms. The first kappa shape index (κ1) is 19.5. The SMILES string of the molecule is O=[N+]([O-])c1ccc(C=NNC2=CCCc3c2[nH]c2ccc(C4CCCCC4)cc32)cc1. The van der Waals surface area contributed by atoms with Crippen molar-refractivity contribution in [1.29, 1.82) is 0 Å². The van der Waals surface area contributed by atoms with Crippen molar-refractivity contribution in [1.82, 2.24) is 10.4 Å². The van der Waals surface area contributed by atoms with Gasteiger partial charge in [0.05, 0.1) is 22.5 Å². The Labute approximate surface area is 181 Å². The first-order valence-corrected chi connectivity index (χ1v) is 11.1. The van der Waals surface area contributed by atoms with Crippen molar-refractivity contribution >= 4 is 28.5 Å². The fourth-order valence-electron chi connectivity index (χ4n) is 4.87. The van der Waals surface area contributed by atoms with Crippen molar-refractivity contribution < 1.29 is 4.92 Å². The lowest BCUT2D eigenvalue weighted by Crippen LogP contribution is -2.10. The zero-order chi connectivity index (χ0) is 21.2. The van der Waals surface area contributed by atoms with Gasteiger partial charge in [-0.25, -0.2) is 0 Å². The lowest BCUT2D eigenvalue weighted by atomic mass is 9.83. The summed E-state index contributed by atoms with van der Waals surface area (Å²) in [6.07, 6.45) is 12.5. The molecule has 0 unspecified atom stereocenters. The van der Waals surface area contributed by atoms with Crippen LogP contribution >= 0.6 is 0 Å². The standard InChI is InChI=1S/C25H26N4O2/c30-29(31)20-12-9-17(10-13-20)16-26-28-24-8-4-7-21-22-15-19(18-5-2-1-3-6-18)11-14-23(22)27-25(21)24/h8-16,18,27-28H,1-7H2. The van der Waals surface area contributed by atoms with E-state index >= 15 is 0 Å². The minimum absolute atomic E-state index is 0.0791. The van der Waals surface area contributed by atoms with Gasteiger partial charge in [-0.1, -0.05) is 31.4 Å². The van der Waals surface area contributed by atoms with Crippen LogP contribution in [0.4, 0.5) is 5.69 Å². The molecule has 0 bridgehead atoms. The molecule has 5 rings (SSSR count). The fourth-order valence-corrected chi connectivity index (χ4v) is 4.87. The van der Waals surface area contributed by atoms with Gasteiger partial charge < -0.3 is 4.98 Å². The van der Waals surface area contributed by atoms with E-state index in [0.29, 0.717) is 5.92 Å². The number of nitro groups is 1. The summed E-state index contributed by atoms with van der Waals surface area (Å²) in [4.78, 5) is 14.0. The van der Waals surface area contributed by atoms with Crippen LogP contribution in [0.2, 0.25) is 0 Å². The molecule has 0 saturated heterocycles. The van der Waals surface area contributed by atoms with Crippen molar-refractivity contribution in [2.75, 3.05) is 0 Å². The number of nitro benzene ring substituents is 1. The number of hydrazone groups is 1. The van der Waals surface area contributed by atoms with Crippen LogP contribution in [0.15, 0.2) is 53.6 Å². The summed E-state index contributed by atoms with van der Waals surface area (Å²) in [6, 6.07) is 13.3. The highest BCUT2D eigenvalue weighted by Crippen LogP contribution is 2.37. The minimum atomic E-state index is -0.400. The van der Waals surface area contributed by atoms with Gasteiger partial charge in [0, 0.05) is 23.0 Å². The summed E-state index contributed by atoms with van der Waals surface area (Å²) < 4.78 is 0. The number of hydrogen-bond acceptors (Lipinski definition) is 4. The van der Waals surface area contributed by atoms with Crippen molar-refractivity contribution in [3.63, 3.8) is 0 Å². The highest BCUT2D eigenvalue weighted by Gasteiger charge is 2.21. The predicted octanol–water partition coefficient (Wildman–Crippen LogP) is 6.03. The lowest BCUT2D eigenvalue weighted by molar-refractivity contribution is -0.384. The number of aromatic nitrogens is 1. The Morgan fingerprint density at radius 2 is 1.90 bits per heavy atom. The molecule has 2 N–H and O–H groups in total. The fraction of sp³-hybridized carbons (Fsp3) is 0.320.